The fraction of sp³-hybridized carbons (Fsp3) is 0.632. The van der Waals surface area contributed by atoms with Gasteiger partial charge in [-0.3, -0.25) is 5.10 Å². The van der Waals surface area contributed by atoms with E-state index in [-0.39, 0.29) is 0 Å². The van der Waals surface area contributed by atoms with Crippen molar-refractivity contribution >= 4 is 10.9 Å². The molecule has 2 atom stereocenters. The Morgan fingerprint density at radius 3 is 3.09 bits per heavy atom. The van der Waals surface area contributed by atoms with E-state index >= 15 is 0 Å². The van der Waals surface area contributed by atoms with Crippen molar-refractivity contribution in [1.82, 2.24) is 15.5 Å². The van der Waals surface area contributed by atoms with Gasteiger partial charge in [0.05, 0.1) is 11.7 Å². The lowest BCUT2D eigenvalue weighted by Gasteiger charge is -2.30. The van der Waals surface area contributed by atoms with Gasteiger partial charge in [0.1, 0.15) is 11.9 Å². The van der Waals surface area contributed by atoms with Crippen LogP contribution in [0.25, 0.3) is 10.9 Å². The van der Waals surface area contributed by atoms with Gasteiger partial charge in [-0.05, 0) is 57.7 Å². The topological polar surface area (TPSA) is 49.9 Å². The number of rotatable bonds is 7. The molecule has 4 nitrogen and oxygen atoms in total. The van der Waals surface area contributed by atoms with Crippen LogP contribution in [-0.4, -0.2) is 28.9 Å². The van der Waals surface area contributed by atoms with Crippen LogP contribution in [0.15, 0.2) is 18.3 Å². The Morgan fingerprint density at radius 2 is 2.22 bits per heavy atom. The van der Waals surface area contributed by atoms with E-state index in [0.29, 0.717) is 12.1 Å². The Morgan fingerprint density at radius 1 is 1.30 bits per heavy atom. The molecule has 0 saturated heterocycles. The summed E-state index contributed by atoms with van der Waals surface area (Å²) in [6.45, 7) is 5.52. The van der Waals surface area contributed by atoms with Crippen molar-refractivity contribution in [2.24, 2.45) is 0 Å². The number of ether oxygens (including phenoxy) is 1. The molecule has 126 valence electrons. The SMILES string of the molecule is CCCCCN[C@@H]1CCC[C@H](Oc2ccc3[nH]ncc3c2C)C1. The fourth-order valence-electron chi connectivity index (χ4n) is 3.56. The van der Waals surface area contributed by atoms with Crippen LogP contribution in [0, 0.1) is 6.92 Å². The van der Waals surface area contributed by atoms with E-state index in [9.17, 15) is 0 Å². The van der Waals surface area contributed by atoms with E-state index < -0.39 is 0 Å². The van der Waals surface area contributed by atoms with E-state index in [1.54, 1.807) is 0 Å². The van der Waals surface area contributed by atoms with Crippen LogP contribution in [-0.2, 0) is 0 Å². The van der Waals surface area contributed by atoms with Crippen molar-refractivity contribution in [2.75, 3.05) is 6.54 Å². The summed E-state index contributed by atoms with van der Waals surface area (Å²) in [5.74, 6) is 1.01. The second kappa shape index (κ2) is 7.82. The van der Waals surface area contributed by atoms with Gasteiger partial charge in [0.15, 0.2) is 0 Å². The van der Waals surface area contributed by atoms with E-state index in [1.165, 1.54) is 37.7 Å². The van der Waals surface area contributed by atoms with Gasteiger partial charge in [-0.25, -0.2) is 0 Å². The van der Waals surface area contributed by atoms with Crippen molar-refractivity contribution in [2.45, 2.75) is 70.9 Å². The zero-order valence-corrected chi connectivity index (χ0v) is 14.4. The largest absolute Gasteiger partial charge is 0.490 e. The Hall–Kier alpha value is -1.55. The van der Waals surface area contributed by atoms with Gasteiger partial charge in [-0.2, -0.15) is 5.10 Å². The van der Waals surface area contributed by atoms with Gasteiger partial charge in [-0.1, -0.05) is 19.8 Å². The molecule has 0 spiro atoms. The smallest absolute Gasteiger partial charge is 0.123 e. The highest BCUT2D eigenvalue weighted by atomic mass is 16.5. The van der Waals surface area contributed by atoms with E-state index in [2.05, 4.69) is 41.5 Å². The summed E-state index contributed by atoms with van der Waals surface area (Å²) in [5, 5.41) is 12.0. The number of unbranched alkanes of at least 4 members (excludes halogenated alkanes) is 2. The summed E-state index contributed by atoms with van der Waals surface area (Å²) in [6.07, 6.45) is 10.9. The zero-order chi connectivity index (χ0) is 16.1. The number of nitrogens with one attached hydrogen (secondary N) is 2. The summed E-state index contributed by atoms with van der Waals surface area (Å²) in [5.41, 5.74) is 2.27. The van der Waals surface area contributed by atoms with Crippen LogP contribution in [0.5, 0.6) is 5.75 Å². The second-order valence-electron chi connectivity index (χ2n) is 6.78. The minimum absolute atomic E-state index is 0.329. The molecule has 1 saturated carbocycles. The van der Waals surface area contributed by atoms with Crippen molar-refractivity contribution in [1.29, 1.82) is 0 Å². The predicted molar refractivity (Wildman–Crippen MR) is 95.0 cm³/mol. The Bertz CT molecular complexity index is 622. The first-order valence-electron chi connectivity index (χ1n) is 9.10. The highest BCUT2D eigenvalue weighted by molar-refractivity contribution is 5.83. The average Bonchev–Trinajstić information content (AvgIpc) is 3.04. The molecule has 0 aliphatic heterocycles. The van der Waals surface area contributed by atoms with Crippen molar-refractivity contribution in [3.63, 3.8) is 0 Å². The summed E-state index contributed by atoms with van der Waals surface area (Å²) in [7, 11) is 0. The highest BCUT2D eigenvalue weighted by Crippen LogP contribution is 2.30. The van der Waals surface area contributed by atoms with Crippen LogP contribution >= 0.6 is 0 Å². The minimum Gasteiger partial charge on any atom is -0.490 e. The average molecular weight is 315 g/mol. The van der Waals surface area contributed by atoms with E-state index in [1.807, 2.05) is 6.20 Å². The Balaban J connectivity index is 1.57. The van der Waals surface area contributed by atoms with Gasteiger partial charge >= 0.3 is 0 Å². The predicted octanol–water partition coefficient (Wildman–Crippen LogP) is 4.34. The normalized spacial score (nSPS) is 21.7. The molecule has 0 radical (unpaired) electrons. The number of aromatic nitrogens is 2. The lowest BCUT2D eigenvalue weighted by molar-refractivity contribution is 0.134. The zero-order valence-electron chi connectivity index (χ0n) is 14.4. The number of aromatic amines is 1. The standard InChI is InChI=1S/C19H29N3O/c1-3-4-5-11-20-15-7-6-8-16(12-15)23-19-10-9-18-17(14(19)2)13-21-22-18/h9-10,13,15-16,20H,3-8,11-12H2,1-2H3,(H,21,22)/t15-,16+/m1/s1. The molecule has 1 fully saturated rings. The highest BCUT2D eigenvalue weighted by Gasteiger charge is 2.23. The molecule has 2 N–H and O–H groups in total. The maximum Gasteiger partial charge on any atom is 0.123 e. The number of H-pyrrole nitrogens is 1. The molecule has 1 aliphatic rings. The number of aryl methyl sites for hydroxylation is 1. The molecule has 0 amide bonds. The first-order chi connectivity index (χ1) is 11.3. The maximum atomic E-state index is 6.34. The summed E-state index contributed by atoms with van der Waals surface area (Å²) in [4.78, 5) is 0. The second-order valence-corrected chi connectivity index (χ2v) is 6.78. The molecule has 23 heavy (non-hydrogen) atoms. The van der Waals surface area contributed by atoms with Crippen molar-refractivity contribution in [3.8, 4) is 5.75 Å². The lowest BCUT2D eigenvalue weighted by atomic mass is 9.92. The van der Waals surface area contributed by atoms with Crippen molar-refractivity contribution in [3.05, 3.63) is 23.9 Å². The fourth-order valence-corrected chi connectivity index (χ4v) is 3.56. The summed E-state index contributed by atoms with van der Waals surface area (Å²) < 4.78 is 6.34. The monoisotopic (exact) mass is 315 g/mol. The third kappa shape index (κ3) is 4.05. The first kappa shape index (κ1) is 16.3. The Labute approximate surface area is 139 Å². The molecular formula is C19H29N3O. The molecular weight excluding hydrogens is 286 g/mol. The number of hydrogen-bond acceptors (Lipinski definition) is 3. The van der Waals surface area contributed by atoms with Gasteiger partial charge < -0.3 is 10.1 Å². The third-order valence-electron chi connectivity index (χ3n) is 4.98. The Kier molecular flexibility index (Phi) is 5.55. The van der Waals surface area contributed by atoms with E-state index in [0.717, 1.165) is 36.0 Å². The summed E-state index contributed by atoms with van der Waals surface area (Å²) in [6, 6.07) is 4.76. The maximum absolute atomic E-state index is 6.34. The number of benzene rings is 1. The number of fused-ring (bicyclic) bond motifs is 1. The number of hydrogen-bond donors (Lipinski definition) is 2. The molecule has 4 heteroatoms. The van der Waals surface area contributed by atoms with Gasteiger partial charge in [0.25, 0.3) is 0 Å². The van der Waals surface area contributed by atoms with Crippen molar-refractivity contribution < 1.29 is 4.74 Å². The molecule has 1 aliphatic carbocycles. The molecule has 1 heterocycles. The molecule has 2 aromatic rings. The first-order valence-corrected chi connectivity index (χ1v) is 9.10. The van der Waals surface area contributed by atoms with Crippen LogP contribution < -0.4 is 10.1 Å². The van der Waals surface area contributed by atoms with Crippen LogP contribution in [0.3, 0.4) is 0 Å². The minimum atomic E-state index is 0.329. The quantitative estimate of drug-likeness (QED) is 0.747. The van der Waals surface area contributed by atoms with Crippen LogP contribution in [0.1, 0.15) is 57.4 Å². The molecule has 0 unspecified atom stereocenters. The van der Waals surface area contributed by atoms with Crippen LogP contribution in [0.4, 0.5) is 0 Å². The van der Waals surface area contributed by atoms with E-state index in [4.69, 9.17) is 4.74 Å². The molecule has 1 aromatic heterocycles. The summed E-state index contributed by atoms with van der Waals surface area (Å²) >= 11 is 0. The lowest BCUT2D eigenvalue weighted by Crippen LogP contribution is -2.38. The van der Waals surface area contributed by atoms with Gasteiger partial charge in [0.2, 0.25) is 0 Å². The third-order valence-corrected chi connectivity index (χ3v) is 4.98. The molecule has 1 aromatic carbocycles. The van der Waals surface area contributed by atoms with Gasteiger partial charge in [-0.15, -0.1) is 0 Å². The molecule has 0 bridgehead atoms. The van der Waals surface area contributed by atoms with Crippen LogP contribution in [0.2, 0.25) is 0 Å². The van der Waals surface area contributed by atoms with Gasteiger partial charge in [0, 0.05) is 17.0 Å². The number of nitrogens with zero attached hydrogens (tertiary/aromatic N) is 1. The molecule has 3 rings (SSSR count).